The predicted octanol–water partition coefficient (Wildman–Crippen LogP) is 4.83. The van der Waals surface area contributed by atoms with Crippen LogP contribution in [0.2, 0.25) is 0 Å². The number of hydrogen-bond acceptors (Lipinski definition) is 3. The molecule has 1 aliphatic rings. The summed E-state index contributed by atoms with van der Waals surface area (Å²) in [5, 5.41) is 0. The molecule has 1 atom stereocenters. The zero-order chi connectivity index (χ0) is 21.8. The number of aryl methyl sites for hydroxylation is 1. The Balaban J connectivity index is 1.42. The fraction of sp³-hybridized carbons (Fsp3) is 0.320. The number of halogens is 1. The maximum atomic E-state index is 13.1. The largest absolute Gasteiger partial charge is 0.261 e. The van der Waals surface area contributed by atoms with Crippen molar-refractivity contribution < 1.29 is 12.8 Å². The minimum absolute atomic E-state index is 0.0332. The normalized spacial score (nSPS) is 17.5. The van der Waals surface area contributed by atoms with Gasteiger partial charge in [0.2, 0.25) is 10.0 Å². The fourth-order valence-corrected chi connectivity index (χ4v) is 5.76. The molecule has 31 heavy (non-hydrogen) atoms. The lowest BCUT2D eigenvalue weighted by Crippen LogP contribution is -2.39. The van der Waals surface area contributed by atoms with Gasteiger partial charge in [0.15, 0.2) is 0 Å². The predicted molar refractivity (Wildman–Crippen MR) is 121 cm³/mol. The lowest BCUT2D eigenvalue weighted by molar-refractivity contribution is 0.312. The van der Waals surface area contributed by atoms with Crippen molar-refractivity contribution in [1.82, 2.24) is 9.29 Å². The van der Waals surface area contributed by atoms with Crippen LogP contribution in [0.1, 0.15) is 46.7 Å². The van der Waals surface area contributed by atoms with Gasteiger partial charge in [-0.1, -0.05) is 48.0 Å². The SMILES string of the molecule is Cc1cccc(CS(=O)(=O)N2CCC[C@H](c3ccc(Cc4ccc(F)cc4)cn3)C2)c1. The van der Waals surface area contributed by atoms with Crippen molar-refractivity contribution in [3.8, 4) is 0 Å². The van der Waals surface area contributed by atoms with E-state index in [1.165, 1.54) is 12.1 Å². The molecule has 0 amide bonds. The van der Waals surface area contributed by atoms with Gasteiger partial charge in [0.1, 0.15) is 5.82 Å². The van der Waals surface area contributed by atoms with Gasteiger partial charge in [-0.3, -0.25) is 4.98 Å². The number of sulfonamides is 1. The highest BCUT2D eigenvalue weighted by Gasteiger charge is 2.30. The van der Waals surface area contributed by atoms with Gasteiger partial charge in [0, 0.05) is 30.9 Å². The summed E-state index contributed by atoms with van der Waals surface area (Å²) in [5.41, 5.74) is 4.90. The van der Waals surface area contributed by atoms with Crippen LogP contribution in [0.3, 0.4) is 0 Å². The van der Waals surface area contributed by atoms with Crippen molar-refractivity contribution in [3.05, 3.63) is 101 Å². The lowest BCUT2D eigenvalue weighted by atomic mass is 9.95. The van der Waals surface area contributed by atoms with Crippen LogP contribution in [-0.2, 0) is 22.2 Å². The third kappa shape index (κ3) is 5.57. The van der Waals surface area contributed by atoms with Crippen molar-refractivity contribution in [1.29, 1.82) is 0 Å². The molecule has 2 heterocycles. The molecule has 1 saturated heterocycles. The second kappa shape index (κ2) is 9.28. The third-order valence-electron chi connectivity index (χ3n) is 5.80. The molecule has 0 N–H and O–H groups in total. The summed E-state index contributed by atoms with van der Waals surface area (Å²) in [5.74, 6) is -0.108. The van der Waals surface area contributed by atoms with Crippen molar-refractivity contribution in [2.24, 2.45) is 0 Å². The Morgan fingerprint density at radius 3 is 2.52 bits per heavy atom. The van der Waals surface area contributed by atoms with Gasteiger partial charge in [-0.2, -0.15) is 0 Å². The average Bonchev–Trinajstić information content (AvgIpc) is 2.76. The number of piperidine rings is 1. The van der Waals surface area contributed by atoms with Crippen LogP contribution in [0, 0.1) is 12.7 Å². The zero-order valence-electron chi connectivity index (χ0n) is 17.7. The first-order chi connectivity index (χ1) is 14.9. The maximum Gasteiger partial charge on any atom is 0.218 e. The van der Waals surface area contributed by atoms with Gasteiger partial charge in [-0.05, 0) is 61.1 Å². The Morgan fingerprint density at radius 2 is 1.81 bits per heavy atom. The van der Waals surface area contributed by atoms with E-state index in [0.717, 1.165) is 40.8 Å². The molecule has 0 spiro atoms. The first-order valence-electron chi connectivity index (χ1n) is 10.6. The molecule has 4 rings (SSSR count). The van der Waals surface area contributed by atoms with E-state index in [4.69, 9.17) is 0 Å². The standard InChI is InChI=1S/C25H27FN2O2S/c1-19-4-2-5-22(14-19)18-31(29,30)28-13-3-6-23(17-28)25-12-9-21(16-27-25)15-20-7-10-24(26)11-8-20/h2,4-5,7-12,14,16,23H,3,6,13,15,17-18H2,1H3/t23-/m0/s1. The molecule has 0 unspecified atom stereocenters. The van der Waals surface area contributed by atoms with Crippen LogP contribution < -0.4 is 0 Å². The first kappa shape index (κ1) is 21.7. The lowest BCUT2D eigenvalue weighted by Gasteiger charge is -2.31. The molecule has 4 nitrogen and oxygen atoms in total. The van der Waals surface area contributed by atoms with Crippen LogP contribution in [0.25, 0.3) is 0 Å². The third-order valence-corrected chi connectivity index (χ3v) is 7.61. The molecular weight excluding hydrogens is 411 g/mol. The summed E-state index contributed by atoms with van der Waals surface area (Å²) in [7, 11) is -3.37. The fourth-order valence-electron chi connectivity index (χ4n) is 4.16. The molecule has 0 saturated carbocycles. The highest BCUT2D eigenvalue weighted by molar-refractivity contribution is 7.88. The van der Waals surface area contributed by atoms with Crippen LogP contribution in [-0.4, -0.2) is 30.8 Å². The van der Waals surface area contributed by atoms with Crippen LogP contribution in [0.15, 0.2) is 66.9 Å². The van der Waals surface area contributed by atoms with E-state index in [1.54, 1.807) is 16.4 Å². The first-order valence-corrected chi connectivity index (χ1v) is 12.2. The van der Waals surface area contributed by atoms with E-state index in [0.29, 0.717) is 19.5 Å². The molecule has 6 heteroatoms. The molecule has 2 aromatic carbocycles. The highest BCUT2D eigenvalue weighted by atomic mass is 32.2. The molecule has 1 fully saturated rings. The Hall–Kier alpha value is -2.57. The summed E-state index contributed by atoms with van der Waals surface area (Å²) in [6, 6.07) is 18.2. The van der Waals surface area contributed by atoms with Gasteiger partial charge in [0.05, 0.1) is 5.75 Å². The summed E-state index contributed by atoms with van der Waals surface area (Å²) in [4.78, 5) is 4.63. The van der Waals surface area contributed by atoms with Crippen molar-refractivity contribution in [2.75, 3.05) is 13.1 Å². The topological polar surface area (TPSA) is 50.3 Å². The molecule has 3 aromatic rings. The summed E-state index contributed by atoms with van der Waals surface area (Å²) >= 11 is 0. The maximum absolute atomic E-state index is 13.1. The van der Waals surface area contributed by atoms with E-state index in [9.17, 15) is 12.8 Å². The Labute approximate surface area is 183 Å². The molecular formula is C25H27FN2O2S. The Bertz CT molecular complexity index is 1130. The quantitative estimate of drug-likeness (QED) is 0.554. The zero-order valence-corrected chi connectivity index (χ0v) is 18.5. The van der Waals surface area contributed by atoms with E-state index in [2.05, 4.69) is 4.98 Å². The van der Waals surface area contributed by atoms with Gasteiger partial charge in [-0.15, -0.1) is 0 Å². The van der Waals surface area contributed by atoms with Crippen LogP contribution >= 0.6 is 0 Å². The van der Waals surface area contributed by atoms with Crippen molar-refractivity contribution in [3.63, 3.8) is 0 Å². The number of nitrogens with zero attached hydrogens (tertiary/aromatic N) is 2. The second-order valence-electron chi connectivity index (χ2n) is 8.34. The minimum Gasteiger partial charge on any atom is -0.261 e. The van der Waals surface area contributed by atoms with E-state index < -0.39 is 10.0 Å². The Morgan fingerprint density at radius 1 is 1.03 bits per heavy atom. The van der Waals surface area contributed by atoms with Gasteiger partial charge < -0.3 is 0 Å². The van der Waals surface area contributed by atoms with Crippen molar-refractivity contribution in [2.45, 2.75) is 37.9 Å². The van der Waals surface area contributed by atoms with E-state index in [-0.39, 0.29) is 17.5 Å². The second-order valence-corrected chi connectivity index (χ2v) is 10.3. The van der Waals surface area contributed by atoms with E-state index in [1.807, 2.05) is 49.5 Å². The number of rotatable bonds is 6. The number of aromatic nitrogens is 1. The van der Waals surface area contributed by atoms with Gasteiger partial charge in [0.25, 0.3) is 0 Å². The van der Waals surface area contributed by atoms with Crippen LogP contribution in [0.5, 0.6) is 0 Å². The molecule has 1 aromatic heterocycles. The number of pyridine rings is 1. The Kier molecular flexibility index (Phi) is 6.49. The molecule has 0 bridgehead atoms. The summed E-state index contributed by atoms with van der Waals surface area (Å²) < 4.78 is 40.7. The molecule has 162 valence electrons. The van der Waals surface area contributed by atoms with E-state index >= 15 is 0 Å². The smallest absolute Gasteiger partial charge is 0.218 e. The monoisotopic (exact) mass is 438 g/mol. The van der Waals surface area contributed by atoms with Gasteiger partial charge >= 0.3 is 0 Å². The molecule has 0 aliphatic carbocycles. The average molecular weight is 439 g/mol. The van der Waals surface area contributed by atoms with Crippen molar-refractivity contribution >= 4 is 10.0 Å². The summed E-state index contributed by atoms with van der Waals surface area (Å²) in [6.45, 7) is 3.00. The highest BCUT2D eigenvalue weighted by Crippen LogP contribution is 2.28. The number of benzene rings is 2. The van der Waals surface area contributed by atoms with Gasteiger partial charge in [-0.25, -0.2) is 17.1 Å². The summed E-state index contributed by atoms with van der Waals surface area (Å²) in [6.07, 6.45) is 4.30. The molecule has 0 radical (unpaired) electrons. The minimum atomic E-state index is -3.37. The molecule has 1 aliphatic heterocycles. The number of hydrogen-bond donors (Lipinski definition) is 0. The van der Waals surface area contributed by atoms with Crippen LogP contribution in [0.4, 0.5) is 4.39 Å².